The van der Waals surface area contributed by atoms with E-state index < -0.39 is 0 Å². The highest BCUT2D eigenvalue weighted by Crippen LogP contribution is 2.32. The second-order valence-corrected chi connectivity index (χ2v) is 8.75. The lowest BCUT2D eigenvalue weighted by molar-refractivity contribution is -0.113. The van der Waals surface area contributed by atoms with E-state index in [9.17, 15) is 9.59 Å². The summed E-state index contributed by atoms with van der Waals surface area (Å²) in [6, 6.07) is 17.4. The van der Waals surface area contributed by atoms with Crippen LogP contribution in [0.15, 0.2) is 82.6 Å². The van der Waals surface area contributed by atoms with Crippen LogP contribution in [-0.2, 0) is 11.3 Å². The van der Waals surface area contributed by atoms with E-state index in [4.69, 9.17) is 4.98 Å². The molecule has 0 atom stereocenters. The van der Waals surface area contributed by atoms with Gasteiger partial charge in [-0.05, 0) is 24.1 Å². The molecule has 1 N–H and O–H groups in total. The van der Waals surface area contributed by atoms with Crippen LogP contribution in [0.2, 0.25) is 0 Å². The van der Waals surface area contributed by atoms with Crippen LogP contribution in [-0.4, -0.2) is 21.2 Å². The van der Waals surface area contributed by atoms with Crippen LogP contribution in [0.5, 0.6) is 0 Å². The van der Waals surface area contributed by atoms with E-state index in [1.54, 1.807) is 10.6 Å². The quantitative estimate of drug-likeness (QED) is 0.236. The Morgan fingerprint density at radius 2 is 1.94 bits per heavy atom. The minimum absolute atomic E-state index is 0.119. The fourth-order valence-electron chi connectivity index (χ4n) is 3.27. The molecule has 0 fully saturated rings. The number of anilines is 1. The molecule has 7 heteroatoms. The third-order valence-corrected chi connectivity index (χ3v) is 6.66. The zero-order valence-electron chi connectivity index (χ0n) is 17.0. The number of fused-ring (bicyclic) bond motifs is 1. The van der Waals surface area contributed by atoms with Crippen LogP contribution in [0.4, 0.5) is 5.69 Å². The fraction of sp³-hybridized carbons (Fsp3) is 0.125. The van der Waals surface area contributed by atoms with Crippen molar-refractivity contribution < 1.29 is 4.79 Å². The third-order valence-electron chi connectivity index (χ3n) is 4.81. The number of hydrogen-bond acceptors (Lipinski definition) is 5. The van der Waals surface area contributed by atoms with Crippen molar-refractivity contribution in [1.82, 2.24) is 9.55 Å². The summed E-state index contributed by atoms with van der Waals surface area (Å²) in [7, 11) is 0. The number of benzene rings is 2. The van der Waals surface area contributed by atoms with E-state index in [0.29, 0.717) is 21.9 Å². The monoisotopic (exact) mass is 447 g/mol. The number of thiophene rings is 1. The normalized spacial score (nSPS) is 10.9. The van der Waals surface area contributed by atoms with Crippen LogP contribution in [0.3, 0.4) is 0 Å². The van der Waals surface area contributed by atoms with Gasteiger partial charge in [0.1, 0.15) is 4.83 Å². The second kappa shape index (κ2) is 9.32. The first-order valence-corrected chi connectivity index (χ1v) is 11.6. The summed E-state index contributed by atoms with van der Waals surface area (Å²) in [6.45, 7) is 6.05. The van der Waals surface area contributed by atoms with Crippen LogP contribution in [0, 0.1) is 6.92 Å². The minimum Gasteiger partial charge on any atom is -0.325 e. The zero-order valence-corrected chi connectivity index (χ0v) is 18.6. The van der Waals surface area contributed by atoms with Gasteiger partial charge in [0, 0.05) is 23.2 Å². The van der Waals surface area contributed by atoms with E-state index in [-0.39, 0.29) is 17.2 Å². The molecule has 0 aliphatic carbocycles. The molecule has 0 aliphatic heterocycles. The summed E-state index contributed by atoms with van der Waals surface area (Å²) in [6.07, 6.45) is 1.67. The van der Waals surface area contributed by atoms with Crippen molar-refractivity contribution in [2.24, 2.45) is 0 Å². The van der Waals surface area contributed by atoms with Gasteiger partial charge in [-0.25, -0.2) is 4.98 Å². The van der Waals surface area contributed by atoms with Gasteiger partial charge in [-0.1, -0.05) is 66.4 Å². The number of aryl methyl sites for hydroxylation is 1. The average molecular weight is 448 g/mol. The van der Waals surface area contributed by atoms with Crippen LogP contribution < -0.4 is 10.9 Å². The summed E-state index contributed by atoms with van der Waals surface area (Å²) in [5.41, 5.74) is 3.52. The van der Waals surface area contributed by atoms with E-state index >= 15 is 0 Å². The molecule has 0 radical (unpaired) electrons. The van der Waals surface area contributed by atoms with E-state index in [0.717, 1.165) is 22.4 Å². The molecule has 1 amide bonds. The minimum atomic E-state index is -0.144. The smallest absolute Gasteiger partial charge is 0.263 e. The first-order chi connectivity index (χ1) is 15.1. The SMILES string of the molecule is C=CCn1c(SCC(=O)Nc2ccccc2C)nc2scc(-c3ccccc3)c2c1=O. The molecular formula is C24H21N3O2S2. The van der Waals surface area contributed by atoms with Gasteiger partial charge in [-0.3, -0.25) is 14.2 Å². The number of para-hydroxylation sites is 1. The Bertz CT molecular complexity index is 1310. The van der Waals surface area contributed by atoms with Crippen LogP contribution >= 0.6 is 23.1 Å². The Kier molecular flexibility index (Phi) is 6.34. The van der Waals surface area contributed by atoms with Gasteiger partial charge in [-0.15, -0.1) is 17.9 Å². The van der Waals surface area contributed by atoms with Gasteiger partial charge in [0.05, 0.1) is 11.1 Å². The number of allylic oxidation sites excluding steroid dienone is 1. The largest absolute Gasteiger partial charge is 0.325 e. The third kappa shape index (κ3) is 4.47. The van der Waals surface area contributed by atoms with Gasteiger partial charge in [0.2, 0.25) is 5.91 Å². The van der Waals surface area contributed by atoms with Gasteiger partial charge in [0.25, 0.3) is 5.56 Å². The number of carbonyl (C=O) groups excluding carboxylic acids is 1. The van der Waals surface area contributed by atoms with Crippen molar-refractivity contribution in [3.05, 3.63) is 88.5 Å². The molecule has 156 valence electrons. The van der Waals surface area contributed by atoms with Gasteiger partial charge in [0.15, 0.2) is 5.16 Å². The number of amides is 1. The number of nitrogens with zero attached hydrogens (tertiary/aromatic N) is 2. The molecule has 2 aromatic heterocycles. The molecule has 5 nitrogen and oxygen atoms in total. The molecule has 0 spiro atoms. The number of nitrogens with one attached hydrogen (secondary N) is 1. The maximum absolute atomic E-state index is 13.3. The summed E-state index contributed by atoms with van der Waals surface area (Å²) in [5.74, 6) is 0.00955. The number of thioether (sulfide) groups is 1. The molecule has 4 rings (SSSR count). The number of hydrogen-bond donors (Lipinski definition) is 1. The Morgan fingerprint density at radius 3 is 2.68 bits per heavy atom. The molecule has 31 heavy (non-hydrogen) atoms. The Morgan fingerprint density at radius 1 is 1.19 bits per heavy atom. The predicted molar refractivity (Wildman–Crippen MR) is 130 cm³/mol. The Labute approximate surface area is 188 Å². The summed E-state index contributed by atoms with van der Waals surface area (Å²) >= 11 is 2.69. The molecular weight excluding hydrogens is 426 g/mol. The molecule has 0 bridgehead atoms. The molecule has 2 aromatic carbocycles. The van der Waals surface area contributed by atoms with Crippen molar-refractivity contribution in [3.63, 3.8) is 0 Å². The number of aromatic nitrogens is 2. The Hall–Kier alpha value is -3.16. The molecule has 0 saturated heterocycles. The van der Waals surface area contributed by atoms with E-state index in [1.165, 1.54) is 23.1 Å². The molecule has 4 aromatic rings. The second-order valence-electron chi connectivity index (χ2n) is 6.95. The summed E-state index contributed by atoms with van der Waals surface area (Å²) in [5, 5.41) is 6.00. The van der Waals surface area contributed by atoms with E-state index in [1.807, 2.05) is 66.9 Å². The van der Waals surface area contributed by atoms with Gasteiger partial charge in [-0.2, -0.15) is 0 Å². The maximum Gasteiger partial charge on any atom is 0.263 e. The topological polar surface area (TPSA) is 64.0 Å². The summed E-state index contributed by atoms with van der Waals surface area (Å²) in [4.78, 5) is 31.2. The molecule has 0 aliphatic rings. The maximum atomic E-state index is 13.3. The highest BCUT2D eigenvalue weighted by molar-refractivity contribution is 7.99. The number of rotatable bonds is 7. The van der Waals surface area contributed by atoms with Crippen LogP contribution in [0.25, 0.3) is 21.3 Å². The lowest BCUT2D eigenvalue weighted by Gasteiger charge is -2.11. The van der Waals surface area contributed by atoms with Crippen molar-refractivity contribution in [3.8, 4) is 11.1 Å². The van der Waals surface area contributed by atoms with Crippen molar-refractivity contribution in [2.45, 2.75) is 18.6 Å². The number of carbonyl (C=O) groups is 1. The average Bonchev–Trinajstić information content (AvgIpc) is 3.21. The van der Waals surface area contributed by atoms with Crippen LogP contribution in [0.1, 0.15) is 5.56 Å². The lowest BCUT2D eigenvalue weighted by atomic mass is 10.1. The first kappa shape index (κ1) is 21.1. The van der Waals surface area contributed by atoms with Crippen molar-refractivity contribution >= 4 is 44.9 Å². The standard InChI is InChI=1S/C24H21N3O2S2/c1-3-13-27-23(29)21-18(17-10-5-4-6-11-17)14-30-22(21)26-24(27)31-15-20(28)25-19-12-8-7-9-16(19)2/h3-12,14H,1,13,15H2,2H3,(H,25,28). The predicted octanol–water partition coefficient (Wildman–Crippen LogP) is 5.35. The van der Waals surface area contributed by atoms with Gasteiger partial charge >= 0.3 is 0 Å². The van der Waals surface area contributed by atoms with Gasteiger partial charge < -0.3 is 5.32 Å². The Balaban J connectivity index is 1.64. The van der Waals surface area contributed by atoms with E-state index in [2.05, 4.69) is 11.9 Å². The fourth-order valence-corrected chi connectivity index (χ4v) is 5.06. The lowest BCUT2D eigenvalue weighted by Crippen LogP contribution is -2.23. The first-order valence-electron chi connectivity index (χ1n) is 9.75. The van der Waals surface area contributed by atoms with Crippen molar-refractivity contribution in [1.29, 1.82) is 0 Å². The van der Waals surface area contributed by atoms with Crippen molar-refractivity contribution in [2.75, 3.05) is 11.1 Å². The molecule has 0 unspecified atom stereocenters. The zero-order chi connectivity index (χ0) is 21.8. The molecule has 0 saturated carbocycles. The highest BCUT2D eigenvalue weighted by atomic mass is 32.2. The highest BCUT2D eigenvalue weighted by Gasteiger charge is 2.18. The summed E-state index contributed by atoms with van der Waals surface area (Å²) < 4.78 is 1.58. The molecule has 2 heterocycles.